The number of carbonyl (C=O) groups is 2. The molecule has 0 radical (unpaired) electrons. The van der Waals surface area contributed by atoms with Crippen LogP contribution in [0.15, 0.2) is 46.9 Å². The summed E-state index contributed by atoms with van der Waals surface area (Å²) >= 11 is 17.4. The van der Waals surface area contributed by atoms with Gasteiger partial charge in [0.05, 0.1) is 6.61 Å². The molecule has 6 N–H and O–H groups in total. The van der Waals surface area contributed by atoms with E-state index in [1.165, 1.54) is 0 Å². The number of anilines is 1. The maximum Gasteiger partial charge on any atom is 0.412 e. The number of amidine groups is 1. The molecular weight excluding hydrogens is 589 g/mol. The standard InChI is InChI=1S/C25H28Cl3N5O5S/c1-3-5-18-11-16-10-15(12-19(36-4-2)21(16)38-18)20(23(34)33-39-30)31-17-8-6-14(7-9-17)22(29)32-24(35)37-13-25(26,27)28/h6-12,20,31H,3-5,13,30H2,1-2H3,(H,33,34)(H2,29,32,35). The van der Waals surface area contributed by atoms with Crippen LogP contribution in [0.25, 0.3) is 11.0 Å². The zero-order valence-electron chi connectivity index (χ0n) is 21.1. The number of fused-ring (bicyclic) bond motifs is 1. The van der Waals surface area contributed by atoms with E-state index in [0.29, 0.717) is 46.9 Å². The number of rotatable bonds is 11. The number of ether oxygens (including phenoxy) is 2. The van der Waals surface area contributed by atoms with Crippen molar-refractivity contribution in [1.82, 2.24) is 10.0 Å². The van der Waals surface area contributed by atoms with E-state index in [0.717, 1.165) is 24.0 Å². The van der Waals surface area contributed by atoms with Crippen LogP contribution in [0, 0.1) is 5.41 Å². The third-order valence-corrected chi connectivity index (χ3v) is 5.93. The highest BCUT2D eigenvalue weighted by Gasteiger charge is 2.25. The van der Waals surface area contributed by atoms with Crippen LogP contribution < -0.4 is 25.2 Å². The fourth-order valence-electron chi connectivity index (χ4n) is 3.67. The molecule has 0 aliphatic carbocycles. The van der Waals surface area contributed by atoms with Gasteiger partial charge in [-0.2, -0.15) is 0 Å². The summed E-state index contributed by atoms with van der Waals surface area (Å²) in [7, 11) is 0. The van der Waals surface area contributed by atoms with Gasteiger partial charge in [-0.3, -0.25) is 25.4 Å². The Bertz CT molecular complexity index is 1310. The van der Waals surface area contributed by atoms with Crippen molar-refractivity contribution in [3.63, 3.8) is 0 Å². The number of benzene rings is 2. The molecule has 0 fully saturated rings. The minimum atomic E-state index is -1.76. The highest BCUT2D eigenvalue weighted by atomic mass is 35.6. The summed E-state index contributed by atoms with van der Waals surface area (Å²) in [5, 5.41) is 19.9. The summed E-state index contributed by atoms with van der Waals surface area (Å²) < 4.78 is 17.4. The molecule has 1 heterocycles. The smallest absolute Gasteiger partial charge is 0.412 e. The minimum Gasteiger partial charge on any atom is -0.490 e. The predicted molar refractivity (Wildman–Crippen MR) is 156 cm³/mol. The van der Waals surface area contributed by atoms with E-state index in [1.54, 1.807) is 30.3 Å². The van der Waals surface area contributed by atoms with Crippen LogP contribution >= 0.6 is 46.9 Å². The fraction of sp³-hybridized carbons (Fsp3) is 0.320. The van der Waals surface area contributed by atoms with Gasteiger partial charge in [0.15, 0.2) is 11.3 Å². The first-order valence-electron chi connectivity index (χ1n) is 11.8. The number of nitrogens with two attached hydrogens (primary N) is 1. The molecule has 10 nitrogen and oxygen atoms in total. The molecule has 0 saturated heterocycles. The average Bonchev–Trinajstić information content (AvgIpc) is 3.29. The first-order chi connectivity index (χ1) is 18.5. The van der Waals surface area contributed by atoms with Crippen LogP contribution in [0.5, 0.6) is 5.75 Å². The van der Waals surface area contributed by atoms with Crippen LogP contribution in [-0.2, 0) is 16.0 Å². The van der Waals surface area contributed by atoms with E-state index < -0.39 is 22.5 Å². The number of hydrogen-bond donors (Lipinski definition) is 5. The van der Waals surface area contributed by atoms with Crippen LogP contribution in [0.2, 0.25) is 0 Å². The van der Waals surface area contributed by atoms with Crippen LogP contribution in [-0.4, -0.2) is 34.8 Å². The van der Waals surface area contributed by atoms with Gasteiger partial charge in [0.1, 0.15) is 24.2 Å². The summed E-state index contributed by atoms with van der Waals surface area (Å²) in [6, 6.07) is 11.2. The SMILES string of the molecule is CCCc1cc2cc(C(Nc3ccc(C(=N)NC(=O)OCC(Cl)(Cl)Cl)cc3)C(=O)NSN)cc(OCC)c2o1. The molecule has 14 heteroatoms. The van der Waals surface area contributed by atoms with E-state index in [-0.39, 0.29) is 11.7 Å². The molecule has 2 aromatic carbocycles. The van der Waals surface area contributed by atoms with Crippen molar-refractivity contribution < 1.29 is 23.5 Å². The van der Waals surface area contributed by atoms with Crippen molar-refractivity contribution in [2.75, 3.05) is 18.5 Å². The lowest BCUT2D eigenvalue weighted by Gasteiger charge is -2.20. The number of nitrogens with one attached hydrogen (secondary N) is 4. The molecule has 3 aromatic rings. The second-order valence-electron chi connectivity index (χ2n) is 8.26. The van der Waals surface area contributed by atoms with Crippen molar-refractivity contribution in [1.29, 1.82) is 5.41 Å². The van der Waals surface area contributed by atoms with E-state index in [2.05, 4.69) is 22.3 Å². The summed E-state index contributed by atoms with van der Waals surface area (Å²) in [5.41, 5.74) is 2.21. The van der Waals surface area contributed by atoms with Gasteiger partial charge in [-0.05, 0) is 61.4 Å². The first kappa shape index (κ1) is 30.7. The van der Waals surface area contributed by atoms with E-state index in [9.17, 15) is 9.59 Å². The Labute approximate surface area is 245 Å². The highest BCUT2D eigenvalue weighted by molar-refractivity contribution is 7.95. The molecule has 2 amide bonds. The Morgan fingerprint density at radius 2 is 1.87 bits per heavy atom. The molecule has 0 saturated carbocycles. The molecule has 0 aliphatic rings. The lowest BCUT2D eigenvalue weighted by Crippen LogP contribution is -2.33. The van der Waals surface area contributed by atoms with Crippen molar-refractivity contribution in [3.8, 4) is 5.75 Å². The predicted octanol–water partition coefficient (Wildman–Crippen LogP) is 6.00. The van der Waals surface area contributed by atoms with E-state index in [1.807, 2.05) is 19.1 Å². The minimum absolute atomic E-state index is 0.223. The molecule has 210 valence electrons. The second-order valence-corrected chi connectivity index (χ2v) is 11.2. The third kappa shape index (κ3) is 8.84. The van der Waals surface area contributed by atoms with Crippen LogP contribution in [0.1, 0.15) is 43.2 Å². The molecule has 39 heavy (non-hydrogen) atoms. The summed E-state index contributed by atoms with van der Waals surface area (Å²) in [6.45, 7) is 3.89. The molecular formula is C25H28Cl3N5O5S. The quantitative estimate of drug-likeness (QED) is 0.0762. The van der Waals surface area contributed by atoms with Gasteiger partial charge in [0, 0.05) is 35.2 Å². The summed E-state index contributed by atoms with van der Waals surface area (Å²) in [4.78, 5) is 24.9. The Morgan fingerprint density at radius 1 is 1.15 bits per heavy atom. The van der Waals surface area contributed by atoms with Crippen molar-refractivity contribution in [2.24, 2.45) is 5.14 Å². The number of amides is 2. The molecule has 0 spiro atoms. The van der Waals surface area contributed by atoms with Gasteiger partial charge >= 0.3 is 6.09 Å². The van der Waals surface area contributed by atoms with Crippen LogP contribution in [0.4, 0.5) is 10.5 Å². The van der Waals surface area contributed by atoms with E-state index >= 15 is 0 Å². The topological polar surface area (TPSA) is 152 Å². The summed E-state index contributed by atoms with van der Waals surface area (Å²) in [6.07, 6.45) is 0.768. The summed E-state index contributed by atoms with van der Waals surface area (Å²) in [5.74, 6) is 0.764. The largest absolute Gasteiger partial charge is 0.490 e. The lowest BCUT2D eigenvalue weighted by molar-refractivity contribution is -0.120. The lowest BCUT2D eigenvalue weighted by atomic mass is 10.0. The number of carbonyl (C=O) groups excluding carboxylic acids is 2. The molecule has 1 aromatic heterocycles. The van der Waals surface area contributed by atoms with Gasteiger partial charge in [0.2, 0.25) is 3.79 Å². The molecule has 0 aliphatic heterocycles. The van der Waals surface area contributed by atoms with Gasteiger partial charge < -0.3 is 19.2 Å². The average molecular weight is 617 g/mol. The van der Waals surface area contributed by atoms with Gasteiger partial charge in [-0.1, -0.05) is 41.7 Å². The Morgan fingerprint density at radius 3 is 2.49 bits per heavy atom. The Balaban J connectivity index is 1.83. The first-order valence-corrected chi connectivity index (χ1v) is 13.9. The maximum atomic E-state index is 13.0. The van der Waals surface area contributed by atoms with Gasteiger partial charge in [0.25, 0.3) is 5.91 Å². The molecule has 0 bridgehead atoms. The number of alkyl carbamates (subject to hydrolysis) is 1. The van der Waals surface area contributed by atoms with Crippen molar-refractivity contribution >= 4 is 81.4 Å². The number of halogens is 3. The molecule has 1 unspecified atom stereocenters. The molecule has 1 atom stereocenters. The number of alkyl halides is 3. The number of hydrogen-bond acceptors (Lipinski definition) is 9. The normalized spacial score (nSPS) is 12.1. The van der Waals surface area contributed by atoms with Crippen molar-refractivity contribution in [3.05, 3.63) is 59.4 Å². The monoisotopic (exact) mass is 615 g/mol. The number of aryl methyl sites for hydroxylation is 1. The zero-order chi connectivity index (χ0) is 28.6. The van der Waals surface area contributed by atoms with Crippen molar-refractivity contribution in [2.45, 2.75) is 36.5 Å². The van der Waals surface area contributed by atoms with Gasteiger partial charge in [-0.25, -0.2) is 4.79 Å². The Hall–Kier alpha value is -2.83. The highest BCUT2D eigenvalue weighted by Crippen LogP contribution is 2.34. The molecule has 3 rings (SSSR count). The third-order valence-electron chi connectivity index (χ3n) is 5.29. The van der Waals surface area contributed by atoms with E-state index in [4.69, 9.17) is 59.2 Å². The number of furan rings is 1. The van der Waals surface area contributed by atoms with Crippen LogP contribution in [0.3, 0.4) is 0 Å². The zero-order valence-corrected chi connectivity index (χ0v) is 24.2. The second kappa shape index (κ2) is 14.0. The fourth-order valence-corrected chi connectivity index (χ4v) is 4.07. The Kier molecular flexibility index (Phi) is 11.0. The maximum absolute atomic E-state index is 13.0. The van der Waals surface area contributed by atoms with Gasteiger partial charge in [-0.15, -0.1) is 0 Å².